The lowest BCUT2D eigenvalue weighted by Crippen LogP contribution is -2.21. The molecule has 1 aromatic carbocycles. The summed E-state index contributed by atoms with van der Waals surface area (Å²) in [6, 6.07) is 8.23. The van der Waals surface area contributed by atoms with Crippen molar-refractivity contribution in [1.82, 2.24) is 5.32 Å². The summed E-state index contributed by atoms with van der Waals surface area (Å²) >= 11 is 0. The fourth-order valence-corrected chi connectivity index (χ4v) is 3.38. The summed E-state index contributed by atoms with van der Waals surface area (Å²) in [6.07, 6.45) is 5.48. The number of nitrogens with one attached hydrogen (secondary N) is 1. The van der Waals surface area contributed by atoms with Gasteiger partial charge in [-0.25, -0.2) is 4.79 Å². The highest BCUT2D eigenvalue weighted by Crippen LogP contribution is 2.27. The Balaban J connectivity index is 0.000000592. The van der Waals surface area contributed by atoms with Crippen LogP contribution in [0.3, 0.4) is 0 Å². The SMILES string of the molecule is O=C(O)C(F)(F)F.O=C(O)CCNCCc1cccc(OCCCC2CCCCC2)c1. The van der Waals surface area contributed by atoms with Crippen LogP contribution in [0, 0.1) is 5.92 Å². The lowest BCUT2D eigenvalue weighted by atomic mass is 9.86. The largest absolute Gasteiger partial charge is 0.494 e. The van der Waals surface area contributed by atoms with Crippen LogP contribution in [-0.4, -0.2) is 48.0 Å². The van der Waals surface area contributed by atoms with Gasteiger partial charge in [-0.3, -0.25) is 4.79 Å². The van der Waals surface area contributed by atoms with Gasteiger partial charge in [-0.15, -0.1) is 0 Å². The minimum absolute atomic E-state index is 0.171. The first kappa shape index (κ1) is 26.7. The van der Waals surface area contributed by atoms with Crippen LogP contribution < -0.4 is 10.1 Å². The fourth-order valence-electron chi connectivity index (χ4n) is 3.38. The summed E-state index contributed by atoms with van der Waals surface area (Å²) in [4.78, 5) is 19.3. The van der Waals surface area contributed by atoms with E-state index in [9.17, 15) is 18.0 Å². The van der Waals surface area contributed by atoms with E-state index in [4.69, 9.17) is 19.7 Å². The van der Waals surface area contributed by atoms with Crippen LogP contribution in [0.2, 0.25) is 0 Å². The highest BCUT2D eigenvalue weighted by atomic mass is 19.4. The number of hydrogen-bond donors (Lipinski definition) is 3. The third-order valence-corrected chi connectivity index (χ3v) is 5.00. The monoisotopic (exact) mass is 447 g/mol. The first-order chi connectivity index (χ1) is 14.7. The maximum atomic E-state index is 10.6. The van der Waals surface area contributed by atoms with E-state index in [0.29, 0.717) is 6.54 Å². The van der Waals surface area contributed by atoms with Crippen LogP contribution >= 0.6 is 0 Å². The Kier molecular flexibility index (Phi) is 12.7. The molecule has 0 spiro atoms. The molecule has 0 atom stereocenters. The molecule has 1 fully saturated rings. The highest BCUT2D eigenvalue weighted by molar-refractivity contribution is 5.73. The second-order valence-corrected chi connectivity index (χ2v) is 7.59. The minimum atomic E-state index is -5.08. The molecule has 0 bridgehead atoms. The molecular weight excluding hydrogens is 415 g/mol. The first-order valence-corrected chi connectivity index (χ1v) is 10.6. The standard InChI is InChI=1S/C20H31NO3.C2HF3O2/c22-20(23)12-14-21-13-11-18-8-4-10-19(16-18)24-15-5-9-17-6-2-1-3-7-17;3-2(4,5)1(6)7/h4,8,10,16-17,21H,1-3,5-7,9,11-15H2,(H,22,23);(H,6,7). The molecule has 0 unspecified atom stereocenters. The van der Waals surface area contributed by atoms with Gasteiger partial charge in [-0.1, -0.05) is 44.2 Å². The van der Waals surface area contributed by atoms with Crippen molar-refractivity contribution in [2.75, 3.05) is 19.7 Å². The Morgan fingerprint density at radius 2 is 1.77 bits per heavy atom. The molecule has 176 valence electrons. The maximum absolute atomic E-state index is 10.6. The molecule has 2 rings (SSSR count). The van der Waals surface area contributed by atoms with Gasteiger partial charge >= 0.3 is 18.1 Å². The zero-order valence-electron chi connectivity index (χ0n) is 17.6. The Bertz CT molecular complexity index is 661. The van der Waals surface area contributed by atoms with E-state index in [-0.39, 0.29) is 6.42 Å². The van der Waals surface area contributed by atoms with Crippen molar-refractivity contribution in [2.24, 2.45) is 5.92 Å². The molecule has 6 nitrogen and oxygen atoms in total. The van der Waals surface area contributed by atoms with E-state index >= 15 is 0 Å². The van der Waals surface area contributed by atoms with E-state index < -0.39 is 18.1 Å². The van der Waals surface area contributed by atoms with Crippen molar-refractivity contribution in [3.05, 3.63) is 29.8 Å². The normalized spacial score (nSPS) is 14.4. The predicted octanol–water partition coefficient (Wildman–Crippen LogP) is 4.67. The molecule has 1 saturated carbocycles. The quantitative estimate of drug-likeness (QED) is 0.427. The van der Waals surface area contributed by atoms with Crippen LogP contribution in [0.25, 0.3) is 0 Å². The summed E-state index contributed by atoms with van der Waals surface area (Å²) < 4.78 is 37.6. The Morgan fingerprint density at radius 1 is 1.10 bits per heavy atom. The molecule has 0 amide bonds. The van der Waals surface area contributed by atoms with Gasteiger partial charge in [0.1, 0.15) is 5.75 Å². The molecule has 1 aliphatic rings. The number of carboxylic acids is 2. The number of carboxylic acid groups (broad SMARTS) is 2. The topological polar surface area (TPSA) is 95.9 Å². The number of aliphatic carboxylic acids is 2. The third-order valence-electron chi connectivity index (χ3n) is 5.00. The maximum Gasteiger partial charge on any atom is 0.490 e. The molecule has 9 heteroatoms. The van der Waals surface area contributed by atoms with Gasteiger partial charge in [0.25, 0.3) is 0 Å². The predicted molar refractivity (Wildman–Crippen MR) is 110 cm³/mol. The average molecular weight is 447 g/mol. The lowest BCUT2D eigenvalue weighted by molar-refractivity contribution is -0.192. The lowest BCUT2D eigenvalue weighted by Gasteiger charge is -2.21. The van der Waals surface area contributed by atoms with E-state index in [0.717, 1.165) is 37.7 Å². The Morgan fingerprint density at radius 3 is 2.39 bits per heavy atom. The molecule has 0 radical (unpaired) electrons. The molecule has 3 N–H and O–H groups in total. The van der Waals surface area contributed by atoms with Gasteiger partial charge in [-0.2, -0.15) is 13.2 Å². The van der Waals surface area contributed by atoms with Crippen LogP contribution in [0.1, 0.15) is 56.9 Å². The van der Waals surface area contributed by atoms with Gasteiger partial charge in [-0.05, 0) is 49.4 Å². The third kappa shape index (κ3) is 13.6. The van der Waals surface area contributed by atoms with Gasteiger partial charge in [0.05, 0.1) is 13.0 Å². The average Bonchev–Trinajstić information content (AvgIpc) is 2.72. The Hall–Kier alpha value is -2.29. The van der Waals surface area contributed by atoms with E-state index in [2.05, 4.69) is 17.4 Å². The Labute approximate surface area is 180 Å². The number of carbonyl (C=O) groups is 2. The molecule has 0 saturated heterocycles. The van der Waals surface area contributed by atoms with E-state index in [1.807, 2.05) is 12.1 Å². The van der Waals surface area contributed by atoms with Gasteiger partial charge < -0.3 is 20.3 Å². The van der Waals surface area contributed by atoms with Crippen molar-refractivity contribution in [1.29, 1.82) is 0 Å². The highest BCUT2D eigenvalue weighted by Gasteiger charge is 2.38. The summed E-state index contributed by atoms with van der Waals surface area (Å²) in [5.74, 6) is -1.65. The summed E-state index contributed by atoms with van der Waals surface area (Å²) in [5, 5.41) is 18.9. The van der Waals surface area contributed by atoms with Crippen molar-refractivity contribution >= 4 is 11.9 Å². The number of rotatable bonds is 11. The number of benzene rings is 1. The van der Waals surface area contributed by atoms with Crippen LogP contribution in [0.4, 0.5) is 13.2 Å². The zero-order chi connectivity index (χ0) is 23.1. The molecule has 0 aromatic heterocycles. The fraction of sp³-hybridized carbons (Fsp3) is 0.636. The smallest absolute Gasteiger partial charge is 0.490 e. The van der Waals surface area contributed by atoms with Gasteiger partial charge in [0.15, 0.2) is 0 Å². The molecule has 0 aliphatic heterocycles. The van der Waals surface area contributed by atoms with E-state index in [1.54, 1.807) is 0 Å². The first-order valence-electron chi connectivity index (χ1n) is 10.6. The summed E-state index contributed by atoms with van der Waals surface area (Å²) in [5.41, 5.74) is 1.22. The molecule has 1 aliphatic carbocycles. The number of alkyl halides is 3. The summed E-state index contributed by atoms with van der Waals surface area (Å²) in [7, 11) is 0. The molecule has 31 heavy (non-hydrogen) atoms. The summed E-state index contributed by atoms with van der Waals surface area (Å²) in [6.45, 7) is 2.11. The number of ether oxygens (including phenoxy) is 1. The van der Waals surface area contributed by atoms with Crippen molar-refractivity contribution < 1.29 is 37.7 Å². The minimum Gasteiger partial charge on any atom is -0.494 e. The molecule has 0 heterocycles. The molecule has 1 aromatic rings. The zero-order valence-corrected chi connectivity index (χ0v) is 17.6. The van der Waals surface area contributed by atoms with Crippen molar-refractivity contribution in [3.63, 3.8) is 0 Å². The van der Waals surface area contributed by atoms with E-state index in [1.165, 1.54) is 44.1 Å². The van der Waals surface area contributed by atoms with Crippen LogP contribution in [0.15, 0.2) is 24.3 Å². The van der Waals surface area contributed by atoms with Gasteiger partial charge in [0, 0.05) is 6.54 Å². The van der Waals surface area contributed by atoms with Gasteiger partial charge in [0.2, 0.25) is 0 Å². The second-order valence-electron chi connectivity index (χ2n) is 7.59. The van der Waals surface area contributed by atoms with Crippen molar-refractivity contribution in [3.8, 4) is 5.75 Å². The number of hydrogen-bond acceptors (Lipinski definition) is 4. The van der Waals surface area contributed by atoms with Crippen LogP contribution in [-0.2, 0) is 16.0 Å². The number of halogens is 3. The van der Waals surface area contributed by atoms with Crippen molar-refractivity contribution in [2.45, 2.75) is 64.0 Å². The second kappa shape index (κ2) is 14.7. The van der Waals surface area contributed by atoms with Crippen LogP contribution in [0.5, 0.6) is 5.75 Å². The molecular formula is C22H32F3NO5.